The van der Waals surface area contributed by atoms with Crippen molar-refractivity contribution in [3.05, 3.63) is 45.1 Å². The number of aromatic nitrogens is 1. The van der Waals surface area contributed by atoms with Gasteiger partial charge in [0, 0.05) is 11.4 Å². The Morgan fingerprint density at radius 3 is 2.69 bits per heavy atom. The molecule has 2 aromatic heterocycles. The van der Waals surface area contributed by atoms with Crippen LogP contribution in [0.5, 0.6) is 5.75 Å². The zero-order chi connectivity index (χ0) is 20.7. The van der Waals surface area contributed by atoms with E-state index in [0.29, 0.717) is 16.6 Å². The van der Waals surface area contributed by atoms with E-state index >= 15 is 0 Å². The first-order valence-corrected chi connectivity index (χ1v) is 9.72. The molecular weight excluding hydrogens is 402 g/mol. The van der Waals surface area contributed by atoms with Gasteiger partial charge in [-0.05, 0) is 19.1 Å². The number of aliphatic hydroxyl groups excluding tert-OH is 4. The van der Waals surface area contributed by atoms with Gasteiger partial charge in [-0.15, -0.1) is 11.3 Å². The molecule has 3 aromatic rings. The van der Waals surface area contributed by atoms with Crippen LogP contribution in [-0.2, 0) is 4.74 Å². The predicted octanol–water partition coefficient (Wildman–Crippen LogP) is 0.404. The number of ether oxygens (including phenoxy) is 2. The van der Waals surface area contributed by atoms with Crippen LogP contribution in [0.15, 0.2) is 39.1 Å². The highest BCUT2D eigenvalue weighted by atomic mass is 32.1. The topological polar surface area (TPSA) is 142 Å². The fourth-order valence-corrected chi connectivity index (χ4v) is 3.76. The van der Waals surface area contributed by atoms with Gasteiger partial charge in [0.1, 0.15) is 42.0 Å². The molecule has 9 nitrogen and oxygen atoms in total. The number of fused-ring (bicyclic) bond motifs is 1. The maximum Gasteiger partial charge on any atom is 0.229 e. The molecule has 0 bridgehead atoms. The quantitative estimate of drug-likeness (QED) is 0.471. The molecule has 1 fully saturated rings. The summed E-state index contributed by atoms with van der Waals surface area (Å²) in [6.07, 6.45) is -5.64. The van der Waals surface area contributed by atoms with E-state index in [1.165, 1.54) is 35.8 Å². The molecule has 29 heavy (non-hydrogen) atoms. The molecule has 1 aromatic carbocycles. The normalized spacial score (nSPS) is 27.3. The standard InChI is InChI=1S/C19H19NO8S/c1-8-20-12(7-29-8)11-6-26-13-4-9(2-3-10(13)15(11)22)27-19-18(25)17(24)16(23)14(5-21)28-19/h2-4,6-7,14,16-19,21,23-25H,5H2,1H3/t14-,16-,17-,18+,19+/m1/s1. The van der Waals surface area contributed by atoms with Crippen molar-refractivity contribution in [2.45, 2.75) is 37.6 Å². The zero-order valence-corrected chi connectivity index (χ0v) is 16.1. The van der Waals surface area contributed by atoms with E-state index in [4.69, 9.17) is 13.9 Å². The van der Waals surface area contributed by atoms with Gasteiger partial charge in [0.25, 0.3) is 0 Å². The summed E-state index contributed by atoms with van der Waals surface area (Å²) in [6.45, 7) is 1.29. The number of aliphatic hydroxyl groups is 4. The van der Waals surface area contributed by atoms with Crippen LogP contribution in [-0.4, -0.2) is 62.7 Å². The van der Waals surface area contributed by atoms with Crippen LogP contribution in [0.1, 0.15) is 5.01 Å². The summed E-state index contributed by atoms with van der Waals surface area (Å²) in [4.78, 5) is 17.1. The van der Waals surface area contributed by atoms with E-state index in [9.17, 15) is 25.2 Å². The first-order chi connectivity index (χ1) is 13.9. The maximum absolute atomic E-state index is 12.8. The maximum atomic E-state index is 12.8. The third-order valence-corrected chi connectivity index (χ3v) is 5.52. The minimum absolute atomic E-state index is 0.210. The highest BCUT2D eigenvalue weighted by Crippen LogP contribution is 2.27. The van der Waals surface area contributed by atoms with Crippen LogP contribution < -0.4 is 10.2 Å². The number of hydrogen-bond acceptors (Lipinski definition) is 10. The summed E-state index contributed by atoms with van der Waals surface area (Å²) in [5.41, 5.74) is 0.915. The van der Waals surface area contributed by atoms with Gasteiger partial charge in [-0.1, -0.05) is 0 Å². The highest BCUT2D eigenvalue weighted by molar-refractivity contribution is 7.09. The number of hydrogen-bond donors (Lipinski definition) is 4. The molecule has 10 heteroatoms. The lowest BCUT2D eigenvalue weighted by atomic mass is 9.99. The number of aryl methyl sites for hydroxylation is 1. The minimum Gasteiger partial charge on any atom is -0.463 e. The molecule has 4 rings (SSSR count). The lowest BCUT2D eigenvalue weighted by molar-refractivity contribution is -0.277. The molecule has 5 atom stereocenters. The molecule has 3 heterocycles. The third kappa shape index (κ3) is 3.66. The van der Waals surface area contributed by atoms with Gasteiger partial charge in [0.15, 0.2) is 0 Å². The fraction of sp³-hybridized carbons (Fsp3) is 0.368. The van der Waals surface area contributed by atoms with E-state index < -0.39 is 37.3 Å². The summed E-state index contributed by atoms with van der Waals surface area (Å²) in [6, 6.07) is 4.47. The van der Waals surface area contributed by atoms with Gasteiger partial charge < -0.3 is 34.3 Å². The van der Waals surface area contributed by atoms with Crippen molar-refractivity contribution in [2.24, 2.45) is 0 Å². The first kappa shape index (κ1) is 20.0. The van der Waals surface area contributed by atoms with Crippen LogP contribution in [0.2, 0.25) is 0 Å². The Morgan fingerprint density at radius 2 is 2.00 bits per heavy atom. The Kier molecular flexibility index (Phi) is 5.38. The molecule has 0 amide bonds. The van der Waals surface area contributed by atoms with Crippen LogP contribution in [0.4, 0.5) is 0 Å². The highest BCUT2D eigenvalue weighted by Gasteiger charge is 2.44. The van der Waals surface area contributed by atoms with E-state index in [0.717, 1.165) is 5.01 Å². The van der Waals surface area contributed by atoms with Crippen molar-refractivity contribution in [3.8, 4) is 17.0 Å². The van der Waals surface area contributed by atoms with Gasteiger partial charge in [-0.3, -0.25) is 4.79 Å². The Hall–Kier alpha value is -2.34. The monoisotopic (exact) mass is 421 g/mol. The summed E-state index contributed by atoms with van der Waals surface area (Å²) in [5.74, 6) is 0.210. The molecule has 154 valence electrons. The van der Waals surface area contributed by atoms with Crippen molar-refractivity contribution in [1.29, 1.82) is 0 Å². The van der Waals surface area contributed by atoms with Crippen molar-refractivity contribution < 1.29 is 34.3 Å². The Morgan fingerprint density at radius 1 is 1.21 bits per heavy atom. The average molecular weight is 421 g/mol. The predicted molar refractivity (Wildman–Crippen MR) is 103 cm³/mol. The smallest absolute Gasteiger partial charge is 0.229 e. The minimum atomic E-state index is -1.55. The Bertz CT molecular complexity index is 1080. The molecule has 1 aliphatic rings. The summed E-state index contributed by atoms with van der Waals surface area (Å²) >= 11 is 1.43. The summed E-state index contributed by atoms with van der Waals surface area (Å²) in [7, 11) is 0. The van der Waals surface area contributed by atoms with Crippen LogP contribution in [0.3, 0.4) is 0 Å². The second-order valence-electron chi connectivity index (χ2n) is 6.70. The number of benzene rings is 1. The van der Waals surface area contributed by atoms with Gasteiger partial charge in [0.2, 0.25) is 11.7 Å². The molecule has 0 aliphatic carbocycles. The van der Waals surface area contributed by atoms with Gasteiger partial charge in [-0.25, -0.2) is 4.98 Å². The largest absolute Gasteiger partial charge is 0.463 e. The lowest BCUT2D eigenvalue weighted by Gasteiger charge is -2.39. The van der Waals surface area contributed by atoms with Gasteiger partial charge in [0.05, 0.1) is 28.3 Å². The Balaban J connectivity index is 1.62. The van der Waals surface area contributed by atoms with Crippen molar-refractivity contribution in [2.75, 3.05) is 6.61 Å². The van der Waals surface area contributed by atoms with E-state index in [1.807, 2.05) is 6.92 Å². The number of nitrogens with zero attached hydrogens (tertiary/aromatic N) is 1. The fourth-order valence-electron chi connectivity index (χ4n) is 3.14. The molecule has 1 saturated heterocycles. The second kappa shape index (κ2) is 7.82. The van der Waals surface area contributed by atoms with Gasteiger partial charge >= 0.3 is 0 Å². The molecule has 0 radical (unpaired) electrons. The molecule has 0 unspecified atom stereocenters. The van der Waals surface area contributed by atoms with Crippen LogP contribution in [0, 0.1) is 6.92 Å². The Labute approximate surface area is 168 Å². The molecular formula is C19H19NO8S. The summed E-state index contributed by atoms with van der Waals surface area (Å²) < 4.78 is 16.5. The second-order valence-corrected chi connectivity index (χ2v) is 7.77. The molecule has 1 aliphatic heterocycles. The van der Waals surface area contributed by atoms with E-state index in [1.54, 1.807) is 5.38 Å². The average Bonchev–Trinajstić information content (AvgIpc) is 3.14. The van der Waals surface area contributed by atoms with Crippen molar-refractivity contribution in [3.63, 3.8) is 0 Å². The molecule has 0 saturated carbocycles. The van der Waals surface area contributed by atoms with Crippen LogP contribution >= 0.6 is 11.3 Å². The summed E-state index contributed by atoms with van der Waals surface area (Å²) in [5, 5.41) is 42.0. The number of thiazole rings is 1. The van der Waals surface area contributed by atoms with Gasteiger partial charge in [-0.2, -0.15) is 0 Å². The van der Waals surface area contributed by atoms with Crippen molar-refractivity contribution in [1.82, 2.24) is 4.98 Å². The van der Waals surface area contributed by atoms with Crippen LogP contribution in [0.25, 0.3) is 22.2 Å². The SMILES string of the molecule is Cc1nc(-c2coc3cc(O[C@H]4O[C@H](CO)[C@@H](O)[C@@H](O)[C@@H]4O)ccc3c2=O)cs1. The molecule has 4 N–H and O–H groups in total. The lowest BCUT2D eigenvalue weighted by Crippen LogP contribution is -2.60. The third-order valence-electron chi connectivity index (χ3n) is 4.74. The zero-order valence-electron chi connectivity index (χ0n) is 15.3. The number of rotatable bonds is 4. The van der Waals surface area contributed by atoms with E-state index in [-0.39, 0.29) is 16.8 Å². The molecule has 0 spiro atoms. The first-order valence-electron chi connectivity index (χ1n) is 8.84. The van der Waals surface area contributed by atoms with Crippen molar-refractivity contribution >= 4 is 22.3 Å². The van der Waals surface area contributed by atoms with E-state index in [2.05, 4.69) is 4.98 Å².